The third-order valence-corrected chi connectivity index (χ3v) is 9.27. The van der Waals surface area contributed by atoms with Gasteiger partial charge in [-0.3, -0.25) is 4.79 Å². The Morgan fingerprint density at radius 1 is 1.36 bits per heavy atom. The van der Waals surface area contributed by atoms with Gasteiger partial charge in [-0.2, -0.15) is 0 Å². The van der Waals surface area contributed by atoms with Gasteiger partial charge in [0.1, 0.15) is 24.3 Å². The highest BCUT2D eigenvalue weighted by molar-refractivity contribution is 6.74. The molecule has 0 aliphatic carbocycles. The van der Waals surface area contributed by atoms with E-state index in [0.29, 0.717) is 17.9 Å². The SMILES string of the molecule is CC(=O)OCc1nc2cncnc2n1C(C)CO[Si](C)(C)C(C)(C)C. The van der Waals surface area contributed by atoms with Crippen LogP contribution in [0.3, 0.4) is 0 Å². The zero-order valence-corrected chi connectivity index (χ0v) is 17.2. The van der Waals surface area contributed by atoms with Gasteiger partial charge in [-0.05, 0) is 25.1 Å². The number of aromatic nitrogens is 4. The molecule has 1 atom stereocenters. The number of ether oxygens (including phenoxy) is 1. The monoisotopic (exact) mass is 364 g/mol. The molecule has 2 heterocycles. The van der Waals surface area contributed by atoms with Gasteiger partial charge in [0.25, 0.3) is 0 Å². The van der Waals surface area contributed by atoms with E-state index < -0.39 is 8.32 Å². The van der Waals surface area contributed by atoms with E-state index in [1.54, 1.807) is 6.20 Å². The predicted molar refractivity (Wildman–Crippen MR) is 98.7 cm³/mol. The fourth-order valence-corrected chi connectivity index (χ4v) is 3.34. The first-order chi connectivity index (χ1) is 11.5. The van der Waals surface area contributed by atoms with Crippen LogP contribution < -0.4 is 0 Å². The van der Waals surface area contributed by atoms with Crippen molar-refractivity contribution in [2.75, 3.05) is 6.61 Å². The summed E-state index contributed by atoms with van der Waals surface area (Å²) in [6.07, 6.45) is 3.16. The van der Waals surface area contributed by atoms with Crippen LogP contribution >= 0.6 is 0 Å². The summed E-state index contributed by atoms with van der Waals surface area (Å²) in [4.78, 5) is 24.1. The van der Waals surface area contributed by atoms with Gasteiger partial charge >= 0.3 is 5.97 Å². The van der Waals surface area contributed by atoms with Gasteiger partial charge in [0.15, 0.2) is 14.0 Å². The second-order valence-corrected chi connectivity index (χ2v) is 12.6. The highest BCUT2D eigenvalue weighted by atomic mass is 28.4. The second-order valence-electron chi connectivity index (χ2n) is 7.83. The lowest BCUT2D eigenvalue weighted by molar-refractivity contribution is -0.142. The molecule has 0 aliphatic rings. The lowest BCUT2D eigenvalue weighted by atomic mass is 10.2. The largest absolute Gasteiger partial charge is 0.458 e. The van der Waals surface area contributed by atoms with Crippen molar-refractivity contribution in [3.63, 3.8) is 0 Å². The quantitative estimate of drug-likeness (QED) is 0.577. The Bertz CT molecular complexity index is 752. The topological polar surface area (TPSA) is 79.1 Å². The molecule has 2 rings (SSSR count). The van der Waals surface area contributed by atoms with Gasteiger partial charge in [-0.15, -0.1) is 0 Å². The summed E-state index contributed by atoms with van der Waals surface area (Å²) >= 11 is 0. The normalized spacial score (nSPS) is 13.9. The molecule has 7 nitrogen and oxygen atoms in total. The van der Waals surface area contributed by atoms with Crippen LogP contribution in [0.15, 0.2) is 12.5 Å². The van der Waals surface area contributed by atoms with E-state index in [0.717, 1.165) is 5.65 Å². The van der Waals surface area contributed by atoms with Crippen LogP contribution in [0.25, 0.3) is 11.2 Å². The summed E-state index contributed by atoms with van der Waals surface area (Å²) < 4.78 is 13.5. The zero-order chi connectivity index (χ0) is 18.8. The smallest absolute Gasteiger partial charge is 0.303 e. The van der Waals surface area contributed by atoms with E-state index in [2.05, 4.69) is 55.7 Å². The Labute approximate surface area is 149 Å². The average molecular weight is 365 g/mol. The molecule has 0 N–H and O–H groups in total. The van der Waals surface area contributed by atoms with Gasteiger partial charge in [-0.25, -0.2) is 15.0 Å². The standard InChI is InChI=1S/C17H28N4O3Si/c1-12(9-24-25(6,7)17(3,4)5)21-15(10-23-13(2)22)20-14-8-18-11-19-16(14)21/h8,11-12H,9-10H2,1-7H3. The molecule has 2 aromatic rings. The number of hydrogen-bond acceptors (Lipinski definition) is 6. The summed E-state index contributed by atoms with van der Waals surface area (Å²) in [5.41, 5.74) is 1.41. The van der Waals surface area contributed by atoms with Crippen molar-refractivity contribution < 1.29 is 14.0 Å². The summed E-state index contributed by atoms with van der Waals surface area (Å²) in [6, 6.07) is 0.0135. The van der Waals surface area contributed by atoms with Crippen LogP contribution in [-0.4, -0.2) is 40.4 Å². The highest BCUT2D eigenvalue weighted by Gasteiger charge is 2.37. The third kappa shape index (κ3) is 4.43. The minimum Gasteiger partial charge on any atom is -0.458 e. The van der Waals surface area contributed by atoms with Crippen LogP contribution in [0.2, 0.25) is 18.1 Å². The van der Waals surface area contributed by atoms with Gasteiger partial charge in [-0.1, -0.05) is 20.8 Å². The van der Waals surface area contributed by atoms with E-state index in [9.17, 15) is 4.79 Å². The summed E-state index contributed by atoms with van der Waals surface area (Å²) in [5, 5.41) is 0.145. The Kier molecular flexibility index (Phi) is 5.63. The third-order valence-electron chi connectivity index (χ3n) is 4.77. The molecule has 0 bridgehead atoms. The average Bonchev–Trinajstić information content (AvgIpc) is 2.88. The van der Waals surface area contributed by atoms with Crippen molar-refractivity contribution in [3.05, 3.63) is 18.3 Å². The fourth-order valence-electron chi connectivity index (χ4n) is 2.25. The molecule has 0 radical (unpaired) electrons. The number of fused-ring (bicyclic) bond motifs is 1. The van der Waals surface area contributed by atoms with Crippen LogP contribution in [-0.2, 0) is 20.6 Å². The molecule has 0 saturated heterocycles. The van der Waals surface area contributed by atoms with Crippen LogP contribution in [0, 0.1) is 0 Å². The lowest BCUT2D eigenvalue weighted by Gasteiger charge is -2.37. The maximum Gasteiger partial charge on any atom is 0.303 e. The predicted octanol–water partition coefficient (Wildman–Crippen LogP) is 3.47. The zero-order valence-electron chi connectivity index (χ0n) is 16.2. The fraction of sp³-hybridized carbons (Fsp3) is 0.647. The maximum atomic E-state index is 11.2. The first kappa shape index (κ1) is 19.5. The van der Waals surface area contributed by atoms with Gasteiger partial charge in [0.05, 0.1) is 18.8 Å². The summed E-state index contributed by atoms with van der Waals surface area (Å²) in [7, 11) is -1.85. The molecule has 0 aliphatic heterocycles. The molecular weight excluding hydrogens is 336 g/mol. The Hall–Kier alpha value is -1.80. The van der Waals surface area contributed by atoms with Crippen molar-refractivity contribution in [3.8, 4) is 0 Å². The number of esters is 1. The van der Waals surface area contributed by atoms with Crippen molar-refractivity contribution in [2.24, 2.45) is 0 Å². The molecular formula is C17H28N4O3Si. The molecule has 0 fully saturated rings. The van der Waals surface area contributed by atoms with Crippen molar-refractivity contribution in [2.45, 2.75) is 65.4 Å². The molecule has 2 aromatic heterocycles. The summed E-state index contributed by atoms with van der Waals surface area (Å²) in [5.74, 6) is 0.312. The number of rotatable bonds is 6. The molecule has 25 heavy (non-hydrogen) atoms. The minimum absolute atomic E-state index is 0.0135. The van der Waals surface area contributed by atoms with Crippen molar-refractivity contribution >= 4 is 25.5 Å². The van der Waals surface area contributed by atoms with Crippen molar-refractivity contribution in [1.29, 1.82) is 0 Å². The molecule has 0 spiro atoms. The number of imidazole rings is 1. The molecule has 0 aromatic carbocycles. The molecule has 138 valence electrons. The molecule has 0 amide bonds. The van der Waals surface area contributed by atoms with Gasteiger partial charge in [0, 0.05) is 6.92 Å². The lowest BCUT2D eigenvalue weighted by Crippen LogP contribution is -2.42. The number of carbonyl (C=O) groups excluding carboxylic acids is 1. The van der Waals surface area contributed by atoms with Gasteiger partial charge in [0.2, 0.25) is 0 Å². The van der Waals surface area contributed by atoms with E-state index in [1.165, 1.54) is 13.3 Å². The first-order valence-corrected chi connectivity index (χ1v) is 11.4. The van der Waals surface area contributed by atoms with Crippen LogP contribution in [0.1, 0.15) is 46.5 Å². The molecule has 8 heteroatoms. The molecule has 1 unspecified atom stereocenters. The minimum atomic E-state index is -1.85. The Balaban J connectivity index is 2.28. The Morgan fingerprint density at radius 3 is 2.64 bits per heavy atom. The summed E-state index contributed by atoms with van der Waals surface area (Å²) in [6.45, 7) is 15.2. The van der Waals surface area contributed by atoms with Gasteiger partial charge < -0.3 is 13.7 Å². The van der Waals surface area contributed by atoms with E-state index in [-0.39, 0.29) is 23.7 Å². The second kappa shape index (κ2) is 7.21. The van der Waals surface area contributed by atoms with E-state index in [1.807, 2.05) is 4.57 Å². The Morgan fingerprint density at radius 2 is 2.04 bits per heavy atom. The van der Waals surface area contributed by atoms with E-state index in [4.69, 9.17) is 9.16 Å². The number of hydrogen-bond donors (Lipinski definition) is 0. The first-order valence-electron chi connectivity index (χ1n) is 8.47. The highest BCUT2D eigenvalue weighted by Crippen LogP contribution is 2.37. The number of nitrogens with zero attached hydrogens (tertiary/aromatic N) is 4. The van der Waals surface area contributed by atoms with Crippen LogP contribution in [0.5, 0.6) is 0 Å². The van der Waals surface area contributed by atoms with Crippen LogP contribution in [0.4, 0.5) is 0 Å². The maximum absolute atomic E-state index is 11.2. The van der Waals surface area contributed by atoms with E-state index >= 15 is 0 Å². The number of carbonyl (C=O) groups is 1. The molecule has 0 saturated carbocycles. The van der Waals surface area contributed by atoms with Crippen molar-refractivity contribution in [1.82, 2.24) is 19.5 Å².